The van der Waals surface area contributed by atoms with E-state index in [1.807, 2.05) is 6.92 Å². The van der Waals surface area contributed by atoms with Crippen LogP contribution in [0.25, 0.3) is 0 Å². The van der Waals surface area contributed by atoms with E-state index in [9.17, 15) is 8.42 Å². The summed E-state index contributed by atoms with van der Waals surface area (Å²) in [5.74, 6) is 0.325. The topological polar surface area (TPSA) is 91.0 Å². The van der Waals surface area contributed by atoms with Gasteiger partial charge in [0.1, 0.15) is 0 Å². The molecule has 1 aliphatic rings. The molecule has 0 aliphatic carbocycles. The molecule has 0 radical (unpaired) electrons. The minimum Gasteiger partial charge on any atom is -0.370 e. The SMILES string of the molecule is C=C(C)CN=C(N)NCC1CCCCN1S(=O)(=O)N(C)C. The highest BCUT2D eigenvalue weighted by Gasteiger charge is 2.33. The van der Waals surface area contributed by atoms with Crippen LogP contribution in [0, 0.1) is 0 Å². The highest BCUT2D eigenvalue weighted by molar-refractivity contribution is 7.86. The van der Waals surface area contributed by atoms with Crippen molar-refractivity contribution in [2.45, 2.75) is 32.2 Å². The fourth-order valence-electron chi connectivity index (χ4n) is 2.19. The second-order valence-corrected chi connectivity index (χ2v) is 7.68. The number of piperidine rings is 1. The van der Waals surface area contributed by atoms with Gasteiger partial charge in [-0.15, -0.1) is 0 Å². The summed E-state index contributed by atoms with van der Waals surface area (Å²) in [6, 6.07) is -0.0928. The van der Waals surface area contributed by atoms with Crippen molar-refractivity contribution in [1.82, 2.24) is 13.9 Å². The molecule has 1 saturated heterocycles. The van der Waals surface area contributed by atoms with E-state index in [4.69, 9.17) is 5.73 Å². The van der Waals surface area contributed by atoms with Crippen LogP contribution >= 0.6 is 0 Å². The molecule has 1 atom stereocenters. The Morgan fingerprint density at radius 3 is 2.71 bits per heavy atom. The molecule has 8 heteroatoms. The zero-order valence-corrected chi connectivity index (χ0v) is 14.0. The molecule has 0 bridgehead atoms. The molecule has 1 rings (SSSR count). The highest BCUT2D eigenvalue weighted by Crippen LogP contribution is 2.21. The van der Waals surface area contributed by atoms with E-state index in [0.29, 0.717) is 25.6 Å². The Morgan fingerprint density at radius 1 is 1.48 bits per heavy atom. The third-order valence-corrected chi connectivity index (χ3v) is 5.37. The third kappa shape index (κ3) is 5.29. The Kier molecular flexibility index (Phi) is 6.63. The van der Waals surface area contributed by atoms with Gasteiger partial charge >= 0.3 is 0 Å². The highest BCUT2D eigenvalue weighted by atomic mass is 32.2. The fraction of sp³-hybridized carbons (Fsp3) is 0.769. The van der Waals surface area contributed by atoms with E-state index in [1.54, 1.807) is 18.4 Å². The Hall–Kier alpha value is -1.12. The maximum absolute atomic E-state index is 12.3. The molecule has 1 unspecified atom stereocenters. The number of rotatable bonds is 6. The van der Waals surface area contributed by atoms with Gasteiger partial charge in [0, 0.05) is 33.2 Å². The maximum Gasteiger partial charge on any atom is 0.281 e. The average molecular weight is 317 g/mol. The molecule has 1 aliphatic heterocycles. The number of nitrogens with zero attached hydrogens (tertiary/aromatic N) is 3. The van der Waals surface area contributed by atoms with Gasteiger partial charge in [-0.2, -0.15) is 17.0 Å². The summed E-state index contributed by atoms with van der Waals surface area (Å²) < 4.78 is 27.4. The zero-order chi connectivity index (χ0) is 16.0. The van der Waals surface area contributed by atoms with Crippen molar-refractivity contribution in [3.63, 3.8) is 0 Å². The summed E-state index contributed by atoms with van der Waals surface area (Å²) in [5.41, 5.74) is 6.70. The molecule has 7 nitrogen and oxygen atoms in total. The van der Waals surface area contributed by atoms with E-state index >= 15 is 0 Å². The molecular formula is C13H27N5O2S. The van der Waals surface area contributed by atoms with Crippen LogP contribution in [0.15, 0.2) is 17.1 Å². The molecule has 0 aromatic heterocycles. The predicted molar refractivity (Wildman–Crippen MR) is 86.3 cm³/mol. The fourth-order valence-corrected chi connectivity index (χ4v) is 3.53. The number of hydrogen-bond donors (Lipinski definition) is 2. The largest absolute Gasteiger partial charge is 0.370 e. The van der Waals surface area contributed by atoms with Crippen molar-refractivity contribution in [2.24, 2.45) is 10.7 Å². The van der Waals surface area contributed by atoms with Crippen molar-refractivity contribution in [2.75, 3.05) is 33.7 Å². The maximum atomic E-state index is 12.3. The van der Waals surface area contributed by atoms with Crippen molar-refractivity contribution >= 4 is 16.2 Å². The van der Waals surface area contributed by atoms with Gasteiger partial charge in [-0.1, -0.05) is 18.6 Å². The van der Waals surface area contributed by atoms with Crippen LogP contribution in [0.4, 0.5) is 0 Å². The predicted octanol–water partition coefficient (Wildman–Crippen LogP) is 0.128. The Balaban J connectivity index is 2.67. The van der Waals surface area contributed by atoms with E-state index in [-0.39, 0.29) is 6.04 Å². The van der Waals surface area contributed by atoms with Gasteiger partial charge in [0.25, 0.3) is 10.2 Å². The number of nitrogens with two attached hydrogens (primary N) is 1. The first-order chi connectivity index (χ1) is 9.75. The lowest BCUT2D eigenvalue weighted by atomic mass is 10.1. The first-order valence-electron chi connectivity index (χ1n) is 7.12. The molecular weight excluding hydrogens is 290 g/mol. The minimum atomic E-state index is -3.39. The van der Waals surface area contributed by atoms with Crippen LogP contribution in [-0.2, 0) is 10.2 Å². The number of guanidine groups is 1. The van der Waals surface area contributed by atoms with Gasteiger partial charge in [-0.25, -0.2) is 4.99 Å². The van der Waals surface area contributed by atoms with Crippen molar-refractivity contribution in [3.05, 3.63) is 12.2 Å². The van der Waals surface area contributed by atoms with E-state index in [2.05, 4.69) is 16.9 Å². The molecule has 0 aromatic rings. The number of hydrogen-bond acceptors (Lipinski definition) is 3. The summed E-state index contributed by atoms with van der Waals surface area (Å²) in [7, 11) is -0.286. The zero-order valence-electron chi connectivity index (χ0n) is 13.2. The molecule has 122 valence electrons. The molecule has 1 heterocycles. The van der Waals surface area contributed by atoms with Gasteiger partial charge in [0.05, 0.1) is 6.54 Å². The second-order valence-electron chi connectivity index (χ2n) is 5.59. The normalized spacial score (nSPS) is 21.5. The monoisotopic (exact) mass is 317 g/mol. The first kappa shape index (κ1) is 17.9. The van der Waals surface area contributed by atoms with E-state index in [0.717, 1.165) is 24.8 Å². The molecule has 0 aromatic carbocycles. The summed E-state index contributed by atoms with van der Waals surface area (Å²) in [6.45, 7) is 7.13. The summed E-state index contributed by atoms with van der Waals surface area (Å²) >= 11 is 0. The molecule has 0 spiro atoms. The van der Waals surface area contributed by atoms with Gasteiger partial charge in [-0.05, 0) is 19.8 Å². The summed E-state index contributed by atoms with van der Waals surface area (Å²) in [6.07, 6.45) is 2.74. The van der Waals surface area contributed by atoms with Crippen molar-refractivity contribution in [3.8, 4) is 0 Å². The molecule has 1 fully saturated rings. The minimum absolute atomic E-state index is 0.0928. The van der Waals surface area contributed by atoms with Crippen LogP contribution in [-0.4, -0.2) is 62.8 Å². The van der Waals surface area contributed by atoms with Crippen molar-refractivity contribution in [1.29, 1.82) is 0 Å². The summed E-state index contributed by atoms with van der Waals surface area (Å²) in [4.78, 5) is 4.14. The Morgan fingerprint density at radius 2 is 2.14 bits per heavy atom. The smallest absolute Gasteiger partial charge is 0.281 e. The molecule has 0 amide bonds. The Labute approximate surface area is 128 Å². The standard InChI is InChI=1S/C13H27N5O2S/c1-11(2)9-15-13(14)16-10-12-7-5-6-8-18(12)21(19,20)17(3)4/h12H,1,5-10H2,2-4H3,(H3,14,15,16). The lowest BCUT2D eigenvalue weighted by Gasteiger charge is -2.36. The summed E-state index contributed by atoms with van der Waals surface area (Å²) in [5, 5.41) is 3.01. The van der Waals surface area contributed by atoms with E-state index in [1.165, 1.54) is 4.31 Å². The van der Waals surface area contributed by atoms with Crippen LogP contribution in [0.2, 0.25) is 0 Å². The van der Waals surface area contributed by atoms with Gasteiger partial charge in [-0.3, -0.25) is 0 Å². The molecule has 0 saturated carbocycles. The Bertz CT molecular complexity index is 487. The van der Waals surface area contributed by atoms with Crippen LogP contribution in [0.3, 0.4) is 0 Å². The lowest BCUT2D eigenvalue weighted by Crippen LogP contribution is -2.53. The number of nitrogens with one attached hydrogen (secondary N) is 1. The van der Waals surface area contributed by atoms with Crippen LogP contribution in [0.1, 0.15) is 26.2 Å². The van der Waals surface area contributed by atoms with Crippen molar-refractivity contribution < 1.29 is 8.42 Å². The van der Waals surface area contributed by atoms with Gasteiger partial charge in [0.15, 0.2) is 5.96 Å². The van der Waals surface area contributed by atoms with Gasteiger partial charge in [0.2, 0.25) is 0 Å². The second kappa shape index (κ2) is 7.77. The number of aliphatic imine (C=N–C) groups is 1. The quantitative estimate of drug-likeness (QED) is 0.414. The van der Waals surface area contributed by atoms with Crippen LogP contribution < -0.4 is 11.1 Å². The molecule has 21 heavy (non-hydrogen) atoms. The van der Waals surface area contributed by atoms with Gasteiger partial charge < -0.3 is 11.1 Å². The lowest BCUT2D eigenvalue weighted by molar-refractivity contribution is 0.240. The molecule has 3 N–H and O–H groups in total. The average Bonchev–Trinajstić information content (AvgIpc) is 2.42. The van der Waals surface area contributed by atoms with Crippen LogP contribution in [0.5, 0.6) is 0 Å². The first-order valence-corrected chi connectivity index (χ1v) is 8.52. The third-order valence-electron chi connectivity index (χ3n) is 3.37. The van der Waals surface area contributed by atoms with E-state index < -0.39 is 10.2 Å².